The van der Waals surface area contributed by atoms with E-state index >= 15 is 0 Å². The first kappa shape index (κ1) is 33.8. The van der Waals surface area contributed by atoms with Gasteiger partial charge in [-0.05, 0) is 54.1 Å². The molecule has 0 radical (unpaired) electrons. The molecule has 0 N–H and O–H groups in total. The summed E-state index contributed by atoms with van der Waals surface area (Å²) in [5, 5.41) is 2.48. The predicted molar refractivity (Wildman–Crippen MR) is 234 cm³/mol. The molecule has 1 aliphatic heterocycles. The van der Waals surface area contributed by atoms with E-state index in [1.165, 1.54) is 21.8 Å². The van der Waals surface area contributed by atoms with Crippen molar-refractivity contribution in [2.24, 2.45) is 0 Å². The van der Waals surface area contributed by atoms with Crippen molar-refractivity contribution in [1.82, 2.24) is 24.5 Å². The van der Waals surface area contributed by atoms with Gasteiger partial charge in [0.15, 0.2) is 5.82 Å². The largest absolute Gasteiger partial charge is 0.337 e. The third-order valence-electron chi connectivity index (χ3n) is 10.5. The molecular formula is C51H36N6. The van der Waals surface area contributed by atoms with E-state index in [9.17, 15) is 0 Å². The number of benzene rings is 6. The number of para-hydroxylation sites is 2. The van der Waals surface area contributed by atoms with Crippen LogP contribution in [0, 0.1) is 0 Å². The Bertz CT molecular complexity index is 2900. The minimum Gasteiger partial charge on any atom is -0.337 e. The maximum atomic E-state index is 5.12. The number of rotatable bonds is 6. The molecule has 4 heterocycles. The summed E-state index contributed by atoms with van der Waals surface area (Å²) >= 11 is 0. The molecule has 3 aromatic heterocycles. The maximum absolute atomic E-state index is 5.12. The fourth-order valence-electron chi connectivity index (χ4n) is 7.73. The highest BCUT2D eigenvalue weighted by atomic mass is 15.1. The van der Waals surface area contributed by atoms with Crippen molar-refractivity contribution in [3.8, 4) is 51.0 Å². The summed E-state index contributed by atoms with van der Waals surface area (Å²) in [6, 6.07) is 54.8. The van der Waals surface area contributed by atoms with Crippen molar-refractivity contribution in [1.29, 1.82) is 0 Å². The van der Waals surface area contributed by atoms with Gasteiger partial charge in [-0.3, -0.25) is 4.98 Å². The van der Waals surface area contributed by atoms with Crippen molar-refractivity contribution < 1.29 is 0 Å². The van der Waals surface area contributed by atoms with Crippen molar-refractivity contribution in [3.63, 3.8) is 0 Å². The number of nitrogens with zero attached hydrogens (tertiary/aromatic N) is 6. The van der Waals surface area contributed by atoms with Gasteiger partial charge in [0, 0.05) is 56.6 Å². The lowest BCUT2D eigenvalue weighted by Crippen LogP contribution is -2.18. The quantitative estimate of drug-likeness (QED) is 0.170. The van der Waals surface area contributed by atoms with Gasteiger partial charge in [-0.25, -0.2) is 15.0 Å². The van der Waals surface area contributed by atoms with Crippen LogP contribution in [0.25, 0.3) is 78.4 Å². The zero-order chi connectivity index (χ0) is 38.1. The van der Waals surface area contributed by atoms with Gasteiger partial charge in [-0.1, -0.05) is 140 Å². The topological polar surface area (TPSA) is 59.7 Å². The summed E-state index contributed by atoms with van der Waals surface area (Å²) in [7, 11) is 0. The second-order valence-electron chi connectivity index (χ2n) is 14.0. The molecule has 6 nitrogen and oxygen atoms in total. The number of hydrogen-bond donors (Lipinski definition) is 0. The van der Waals surface area contributed by atoms with E-state index in [0.29, 0.717) is 18.1 Å². The summed E-state index contributed by atoms with van der Waals surface area (Å²) in [5.74, 6) is 0.514. The number of allylic oxidation sites excluding steroid dienone is 4. The molecule has 6 heteroatoms. The molecule has 0 unspecified atom stereocenters. The summed E-state index contributed by atoms with van der Waals surface area (Å²) in [4.78, 5) is 22.1. The van der Waals surface area contributed by atoms with Gasteiger partial charge in [0.2, 0.25) is 0 Å². The van der Waals surface area contributed by atoms with Crippen LogP contribution in [-0.4, -0.2) is 31.0 Å². The van der Waals surface area contributed by atoms with Crippen LogP contribution < -0.4 is 4.90 Å². The molecule has 0 aliphatic carbocycles. The van der Waals surface area contributed by atoms with Gasteiger partial charge in [0.1, 0.15) is 5.69 Å². The molecule has 0 fully saturated rings. The highest BCUT2D eigenvalue weighted by Gasteiger charge is 2.19. The van der Waals surface area contributed by atoms with Crippen LogP contribution in [0.1, 0.15) is 5.56 Å². The standard InChI is InChI=1S/C51H36N6/c1-35-16-5-4-14-29-56(39-21-15-22-40(31-39)57-49-25-12-10-23-41(49)42-24-11-13-26-50(42)57)48-28-27-38(30-43(35)48)46-33-52-34-47(53-46)51-54-44(36-17-6-2-7-18-36)32-45(55-51)37-19-8-3-9-20-37/h2-28,30-34H,1,29H2/b14-4-,16-5-. The Hall–Kier alpha value is -7.70. The Morgan fingerprint density at radius 3 is 1.82 bits per heavy atom. The lowest BCUT2D eigenvalue weighted by atomic mass is 9.99. The first-order valence-electron chi connectivity index (χ1n) is 19.0. The van der Waals surface area contributed by atoms with Crippen LogP contribution in [0.2, 0.25) is 0 Å². The number of hydrogen-bond acceptors (Lipinski definition) is 5. The van der Waals surface area contributed by atoms with Gasteiger partial charge in [-0.15, -0.1) is 0 Å². The highest BCUT2D eigenvalue weighted by Crippen LogP contribution is 2.39. The van der Waals surface area contributed by atoms with Crippen LogP contribution in [-0.2, 0) is 0 Å². The fraction of sp³-hybridized carbons (Fsp3) is 0.0196. The highest BCUT2D eigenvalue weighted by molar-refractivity contribution is 6.09. The Kier molecular flexibility index (Phi) is 8.61. The zero-order valence-corrected chi connectivity index (χ0v) is 31.1. The fourth-order valence-corrected chi connectivity index (χ4v) is 7.73. The molecule has 1 aliphatic rings. The van der Waals surface area contributed by atoms with E-state index in [1.807, 2.05) is 42.5 Å². The predicted octanol–water partition coefficient (Wildman–Crippen LogP) is 12.3. The Morgan fingerprint density at radius 2 is 1.12 bits per heavy atom. The zero-order valence-electron chi connectivity index (χ0n) is 31.1. The van der Waals surface area contributed by atoms with Crippen molar-refractivity contribution in [2.45, 2.75) is 0 Å². The summed E-state index contributed by atoms with van der Waals surface area (Å²) in [5.41, 5.74) is 13.4. The summed E-state index contributed by atoms with van der Waals surface area (Å²) in [6.07, 6.45) is 11.9. The summed E-state index contributed by atoms with van der Waals surface area (Å²) < 4.78 is 2.36. The Balaban J connectivity index is 1.06. The first-order chi connectivity index (χ1) is 28.2. The van der Waals surface area contributed by atoms with Crippen molar-refractivity contribution >= 4 is 38.8 Å². The summed E-state index contributed by atoms with van der Waals surface area (Å²) in [6.45, 7) is 5.20. The van der Waals surface area contributed by atoms with Gasteiger partial charge < -0.3 is 9.47 Å². The number of aromatic nitrogens is 5. The Labute approximate surface area is 331 Å². The van der Waals surface area contributed by atoms with Gasteiger partial charge in [-0.2, -0.15) is 0 Å². The lowest BCUT2D eigenvalue weighted by Gasteiger charge is -2.27. The molecule has 0 spiro atoms. The average Bonchev–Trinajstić information content (AvgIpc) is 3.65. The van der Waals surface area contributed by atoms with Gasteiger partial charge >= 0.3 is 0 Å². The van der Waals surface area contributed by atoms with E-state index < -0.39 is 0 Å². The second-order valence-corrected chi connectivity index (χ2v) is 14.0. The van der Waals surface area contributed by atoms with E-state index in [-0.39, 0.29) is 0 Å². The molecule has 0 saturated heterocycles. The monoisotopic (exact) mass is 732 g/mol. The first-order valence-corrected chi connectivity index (χ1v) is 19.0. The third kappa shape index (κ3) is 6.39. The number of anilines is 2. The van der Waals surface area contributed by atoms with Crippen molar-refractivity contribution in [2.75, 3.05) is 11.4 Å². The molecule has 0 saturated carbocycles. The third-order valence-corrected chi connectivity index (χ3v) is 10.5. The van der Waals surface area contributed by atoms with Crippen LogP contribution in [0.15, 0.2) is 201 Å². The van der Waals surface area contributed by atoms with Gasteiger partial charge in [0.05, 0.1) is 40.5 Å². The molecule has 57 heavy (non-hydrogen) atoms. The molecule has 9 aromatic rings. The molecule has 0 bridgehead atoms. The SMILES string of the molecule is C=C1/C=C\C=C/CN(c2cccc(-n3c4ccccc4c4ccccc43)c2)c2ccc(-c3cncc(-c4nc(-c5ccccc5)cc(-c5ccccc5)n4)n3)cc21. The van der Waals surface area contributed by atoms with Gasteiger partial charge in [0.25, 0.3) is 0 Å². The van der Waals surface area contributed by atoms with E-state index in [0.717, 1.165) is 62.0 Å². The van der Waals surface area contributed by atoms with Crippen LogP contribution in [0.4, 0.5) is 11.4 Å². The minimum absolute atomic E-state index is 0.514. The van der Waals surface area contributed by atoms with Crippen LogP contribution in [0.3, 0.4) is 0 Å². The van der Waals surface area contributed by atoms with Crippen LogP contribution >= 0.6 is 0 Å². The maximum Gasteiger partial charge on any atom is 0.180 e. The van der Waals surface area contributed by atoms with E-state index in [2.05, 4.69) is 161 Å². The smallest absolute Gasteiger partial charge is 0.180 e. The molecule has 6 aromatic carbocycles. The molecule has 270 valence electrons. The van der Waals surface area contributed by atoms with Crippen molar-refractivity contribution in [3.05, 3.63) is 207 Å². The Morgan fingerprint density at radius 1 is 0.491 bits per heavy atom. The number of fused-ring (bicyclic) bond motifs is 4. The molecule has 0 atom stereocenters. The van der Waals surface area contributed by atoms with Crippen LogP contribution in [0.5, 0.6) is 0 Å². The molecule has 10 rings (SSSR count). The van der Waals surface area contributed by atoms with E-state index in [4.69, 9.17) is 15.0 Å². The molecule has 0 amide bonds. The minimum atomic E-state index is 0.514. The normalized spacial score (nSPS) is 13.8. The lowest BCUT2D eigenvalue weighted by molar-refractivity contribution is 1.08. The average molecular weight is 733 g/mol. The van der Waals surface area contributed by atoms with E-state index in [1.54, 1.807) is 12.4 Å². The second kappa shape index (κ2) is 14.5. The molecular weight excluding hydrogens is 697 g/mol.